The molecule has 2 heteroatoms. The van der Waals surface area contributed by atoms with Gasteiger partial charge in [-0.05, 0) is 32.1 Å². The molecule has 0 spiro atoms. The van der Waals surface area contributed by atoms with E-state index < -0.39 is 0 Å². The average molecular weight is 154 g/mol. The summed E-state index contributed by atoms with van der Waals surface area (Å²) in [5.74, 6) is 6.24. The standard InChI is InChI=1S/C9H18N2/c1-7(2)6-9(11-10)8-4-3-5-8/h8-9,11H,1,3-6,10H2,2H3. The van der Waals surface area contributed by atoms with E-state index >= 15 is 0 Å². The van der Waals surface area contributed by atoms with E-state index in [4.69, 9.17) is 5.84 Å². The molecule has 0 aromatic carbocycles. The van der Waals surface area contributed by atoms with Crippen LogP contribution in [0.3, 0.4) is 0 Å². The second-order valence-corrected chi connectivity index (χ2v) is 3.63. The van der Waals surface area contributed by atoms with Gasteiger partial charge in [-0.2, -0.15) is 0 Å². The fourth-order valence-corrected chi connectivity index (χ4v) is 1.58. The van der Waals surface area contributed by atoms with Crippen LogP contribution in [0.15, 0.2) is 12.2 Å². The van der Waals surface area contributed by atoms with Gasteiger partial charge < -0.3 is 0 Å². The highest BCUT2D eigenvalue weighted by Crippen LogP contribution is 2.31. The minimum Gasteiger partial charge on any atom is -0.271 e. The molecule has 2 nitrogen and oxygen atoms in total. The summed E-state index contributed by atoms with van der Waals surface area (Å²) in [6, 6.07) is 0.473. The summed E-state index contributed by atoms with van der Waals surface area (Å²) in [5, 5.41) is 0. The number of hydrogen-bond acceptors (Lipinski definition) is 2. The molecule has 0 aromatic rings. The molecule has 0 amide bonds. The molecule has 0 aromatic heterocycles. The van der Waals surface area contributed by atoms with Gasteiger partial charge in [-0.1, -0.05) is 12.0 Å². The maximum Gasteiger partial charge on any atom is 0.0275 e. The smallest absolute Gasteiger partial charge is 0.0275 e. The molecule has 1 atom stereocenters. The van der Waals surface area contributed by atoms with Gasteiger partial charge in [0.15, 0.2) is 0 Å². The van der Waals surface area contributed by atoms with Gasteiger partial charge in [0.1, 0.15) is 0 Å². The Kier molecular flexibility index (Phi) is 3.09. The van der Waals surface area contributed by atoms with Crippen molar-refractivity contribution in [2.24, 2.45) is 11.8 Å². The molecule has 1 saturated carbocycles. The topological polar surface area (TPSA) is 38.0 Å². The van der Waals surface area contributed by atoms with Gasteiger partial charge >= 0.3 is 0 Å². The van der Waals surface area contributed by atoms with Crippen LogP contribution < -0.4 is 11.3 Å². The first kappa shape index (κ1) is 8.75. The first-order valence-corrected chi connectivity index (χ1v) is 4.34. The van der Waals surface area contributed by atoms with Crippen molar-refractivity contribution in [1.29, 1.82) is 0 Å². The van der Waals surface area contributed by atoms with Crippen LogP contribution in [0.25, 0.3) is 0 Å². The Morgan fingerprint density at radius 1 is 1.73 bits per heavy atom. The molecular formula is C9H18N2. The molecule has 0 radical (unpaired) electrons. The van der Waals surface area contributed by atoms with Crippen molar-refractivity contribution in [3.05, 3.63) is 12.2 Å². The minimum absolute atomic E-state index is 0.473. The Morgan fingerprint density at radius 3 is 2.64 bits per heavy atom. The molecule has 0 bridgehead atoms. The molecular weight excluding hydrogens is 136 g/mol. The second-order valence-electron chi connectivity index (χ2n) is 3.63. The van der Waals surface area contributed by atoms with Gasteiger partial charge in [0.05, 0.1) is 0 Å². The lowest BCUT2D eigenvalue weighted by atomic mass is 9.78. The number of nitrogens with one attached hydrogen (secondary N) is 1. The van der Waals surface area contributed by atoms with E-state index in [0.717, 1.165) is 12.3 Å². The first-order chi connectivity index (χ1) is 5.24. The zero-order valence-electron chi connectivity index (χ0n) is 7.27. The van der Waals surface area contributed by atoms with Crippen LogP contribution in [0.2, 0.25) is 0 Å². The summed E-state index contributed by atoms with van der Waals surface area (Å²) in [6.07, 6.45) is 5.07. The molecule has 3 N–H and O–H groups in total. The maximum absolute atomic E-state index is 5.44. The van der Waals surface area contributed by atoms with Crippen molar-refractivity contribution in [2.75, 3.05) is 0 Å². The number of rotatable bonds is 4. The third-order valence-corrected chi connectivity index (χ3v) is 2.50. The zero-order valence-corrected chi connectivity index (χ0v) is 7.27. The Morgan fingerprint density at radius 2 is 2.36 bits per heavy atom. The van der Waals surface area contributed by atoms with E-state index in [1.54, 1.807) is 0 Å². The van der Waals surface area contributed by atoms with E-state index in [1.807, 2.05) is 0 Å². The molecule has 64 valence electrons. The third-order valence-electron chi connectivity index (χ3n) is 2.50. The third kappa shape index (κ3) is 2.31. The summed E-state index contributed by atoms with van der Waals surface area (Å²) in [7, 11) is 0. The molecule has 1 aliphatic rings. The lowest BCUT2D eigenvalue weighted by Gasteiger charge is -2.33. The number of nitrogens with two attached hydrogens (primary N) is 1. The monoisotopic (exact) mass is 154 g/mol. The maximum atomic E-state index is 5.44. The summed E-state index contributed by atoms with van der Waals surface area (Å²) >= 11 is 0. The Balaban J connectivity index is 2.29. The van der Waals surface area contributed by atoms with Gasteiger partial charge in [0, 0.05) is 6.04 Å². The summed E-state index contributed by atoms with van der Waals surface area (Å²) in [6.45, 7) is 5.95. The summed E-state index contributed by atoms with van der Waals surface area (Å²) < 4.78 is 0. The van der Waals surface area contributed by atoms with Crippen LogP contribution in [0.4, 0.5) is 0 Å². The highest BCUT2D eigenvalue weighted by Gasteiger charge is 2.25. The van der Waals surface area contributed by atoms with Gasteiger partial charge in [-0.25, -0.2) is 0 Å². The summed E-state index contributed by atoms with van der Waals surface area (Å²) in [5.41, 5.74) is 4.10. The lowest BCUT2D eigenvalue weighted by molar-refractivity contribution is 0.228. The van der Waals surface area contributed by atoms with Crippen LogP contribution >= 0.6 is 0 Å². The Labute approximate surface area is 68.8 Å². The zero-order chi connectivity index (χ0) is 8.27. The van der Waals surface area contributed by atoms with Gasteiger partial charge in [0.2, 0.25) is 0 Å². The van der Waals surface area contributed by atoms with E-state index in [0.29, 0.717) is 6.04 Å². The Bertz CT molecular complexity index is 138. The first-order valence-electron chi connectivity index (χ1n) is 4.34. The second kappa shape index (κ2) is 3.88. The molecule has 1 rings (SSSR count). The predicted octanol–water partition coefficient (Wildman–Crippen LogP) is 1.58. The normalized spacial score (nSPS) is 20.9. The molecule has 0 aliphatic heterocycles. The fraction of sp³-hybridized carbons (Fsp3) is 0.778. The highest BCUT2D eigenvalue weighted by atomic mass is 15.2. The van der Waals surface area contributed by atoms with Crippen LogP contribution in [-0.4, -0.2) is 6.04 Å². The van der Waals surface area contributed by atoms with Crippen LogP contribution in [0.5, 0.6) is 0 Å². The van der Waals surface area contributed by atoms with Crippen LogP contribution in [-0.2, 0) is 0 Å². The SMILES string of the molecule is C=C(C)CC(NN)C1CCC1. The van der Waals surface area contributed by atoms with E-state index in [-0.39, 0.29) is 0 Å². The van der Waals surface area contributed by atoms with E-state index in [1.165, 1.54) is 24.8 Å². The average Bonchev–Trinajstić information content (AvgIpc) is 1.81. The van der Waals surface area contributed by atoms with Crippen molar-refractivity contribution in [3.63, 3.8) is 0 Å². The van der Waals surface area contributed by atoms with E-state index in [2.05, 4.69) is 18.9 Å². The van der Waals surface area contributed by atoms with Crippen LogP contribution in [0.1, 0.15) is 32.6 Å². The molecule has 1 unspecified atom stereocenters. The van der Waals surface area contributed by atoms with Crippen molar-refractivity contribution < 1.29 is 0 Å². The largest absolute Gasteiger partial charge is 0.271 e. The quantitative estimate of drug-likeness (QED) is 0.366. The minimum atomic E-state index is 0.473. The molecule has 0 heterocycles. The highest BCUT2D eigenvalue weighted by molar-refractivity contribution is 4.95. The van der Waals surface area contributed by atoms with Crippen molar-refractivity contribution >= 4 is 0 Å². The predicted molar refractivity (Wildman–Crippen MR) is 47.9 cm³/mol. The molecule has 11 heavy (non-hydrogen) atoms. The molecule has 1 aliphatic carbocycles. The van der Waals surface area contributed by atoms with Crippen molar-refractivity contribution in [3.8, 4) is 0 Å². The van der Waals surface area contributed by atoms with Crippen molar-refractivity contribution in [2.45, 2.75) is 38.6 Å². The van der Waals surface area contributed by atoms with Crippen LogP contribution in [0, 0.1) is 5.92 Å². The molecule has 1 fully saturated rings. The number of hydrazine groups is 1. The fourth-order valence-electron chi connectivity index (χ4n) is 1.58. The summed E-state index contributed by atoms with van der Waals surface area (Å²) in [4.78, 5) is 0. The van der Waals surface area contributed by atoms with E-state index in [9.17, 15) is 0 Å². The van der Waals surface area contributed by atoms with Gasteiger partial charge in [0.25, 0.3) is 0 Å². The van der Waals surface area contributed by atoms with Crippen molar-refractivity contribution in [1.82, 2.24) is 5.43 Å². The molecule has 0 saturated heterocycles. The van der Waals surface area contributed by atoms with Gasteiger partial charge in [-0.15, -0.1) is 6.58 Å². The lowest BCUT2D eigenvalue weighted by Crippen LogP contribution is -2.43. The number of hydrogen-bond donors (Lipinski definition) is 2. The Hall–Kier alpha value is -0.340. The van der Waals surface area contributed by atoms with Gasteiger partial charge in [-0.3, -0.25) is 11.3 Å².